The molecule has 70 valence electrons. The molecule has 0 aliphatic heterocycles. The Hall–Kier alpha value is -1.54. The zero-order chi connectivity index (χ0) is 10.4. The molecule has 1 aromatic carbocycles. The van der Waals surface area contributed by atoms with Gasteiger partial charge in [-0.25, -0.2) is 0 Å². The Bertz CT molecular complexity index is 349. The van der Waals surface area contributed by atoms with Crippen molar-refractivity contribution < 1.29 is 5.02 Å². The fourth-order valence-electron chi connectivity index (χ4n) is 1.21. The second-order valence-corrected chi connectivity index (χ2v) is 2.92. The minimum Gasteiger partial charge on any atom is -0.449 e. The van der Waals surface area contributed by atoms with Crippen molar-refractivity contribution in [1.29, 1.82) is 0 Å². The van der Waals surface area contributed by atoms with Gasteiger partial charge in [-0.1, -0.05) is 61.1 Å². The highest BCUT2D eigenvalue weighted by molar-refractivity contribution is 6.45. The standard InChI is InChI=1S/C12H13BO/c1-3-5-10(4-2)11-6-8-12(13-14)9-7-11/h3-9,13-14H,1-2H2/b10-5+. The van der Waals surface area contributed by atoms with Crippen LogP contribution in [0.2, 0.25) is 0 Å². The maximum Gasteiger partial charge on any atom is 0.304 e. The summed E-state index contributed by atoms with van der Waals surface area (Å²) in [7, 11) is 0.0782. The third-order valence-corrected chi connectivity index (χ3v) is 1.99. The molecule has 0 unspecified atom stereocenters. The first-order valence-electron chi connectivity index (χ1n) is 4.47. The number of allylic oxidation sites excluding steroid dienone is 4. The lowest BCUT2D eigenvalue weighted by Gasteiger charge is -2.02. The van der Waals surface area contributed by atoms with Gasteiger partial charge in [-0.15, -0.1) is 0 Å². The van der Waals surface area contributed by atoms with Gasteiger partial charge in [0, 0.05) is 0 Å². The van der Waals surface area contributed by atoms with E-state index in [1.165, 1.54) is 0 Å². The van der Waals surface area contributed by atoms with E-state index in [0.717, 1.165) is 16.6 Å². The van der Waals surface area contributed by atoms with E-state index in [9.17, 15) is 0 Å². The summed E-state index contributed by atoms with van der Waals surface area (Å²) in [4.78, 5) is 0. The zero-order valence-electron chi connectivity index (χ0n) is 8.11. The molecule has 14 heavy (non-hydrogen) atoms. The fraction of sp³-hybridized carbons (Fsp3) is 0. The number of hydrogen-bond acceptors (Lipinski definition) is 1. The molecule has 0 saturated heterocycles. The van der Waals surface area contributed by atoms with Crippen molar-refractivity contribution in [3.63, 3.8) is 0 Å². The number of hydrogen-bond donors (Lipinski definition) is 1. The topological polar surface area (TPSA) is 20.2 Å². The molecule has 0 aliphatic carbocycles. The van der Waals surface area contributed by atoms with Crippen LogP contribution in [0, 0.1) is 0 Å². The average molecular weight is 184 g/mol. The summed E-state index contributed by atoms with van der Waals surface area (Å²) in [5, 5.41) is 8.88. The van der Waals surface area contributed by atoms with Crippen molar-refractivity contribution in [2.75, 3.05) is 0 Å². The molecule has 0 saturated carbocycles. The Morgan fingerprint density at radius 1 is 1.21 bits per heavy atom. The Morgan fingerprint density at radius 2 is 1.86 bits per heavy atom. The molecule has 1 aromatic rings. The molecule has 0 amide bonds. The monoisotopic (exact) mass is 184 g/mol. The van der Waals surface area contributed by atoms with Crippen molar-refractivity contribution in [2.24, 2.45) is 0 Å². The SMILES string of the molecule is C=C/C=C(\C=C)c1ccc(BO)cc1. The van der Waals surface area contributed by atoms with Crippen LogP contribution in [0.5, 0.6) is 0 Å². The molecule has 0 spiro atoms. The molecule has 0 atom stereocenters. The second-order valence-electron chi connectivity index (χ2n) is 2.92. The third-order valence-electron chi connectivity index (χ3n) is 1.99. The van der Waals surface area contributed by atoms with Gasteiger partial charge in [0.1, 0.15) is 0 Å². The van der Waals surface area contributed by atoms with E-state index in [0.29, 0.717) is 0 Å². The Kier molecular flexibility index (Phi) is 3.95. The van der Waals surface area contributed by atoms with E-state index in [1.54, 1.807) is 12.2 Å². The number of benzene rings is 1. The second kappa shape index (κ2) is 5.25. The first kappa shape index (κ1) is 10.5. The van der Waals surface area contributed by atoms with Crippen molar-refractivity contribution in [3.05, 3.63) is 61.2 Å². The van der Waals surface area contributed by atoms with Crippen molar-refractivity contribution in [3.8, 4) is 0 Å². The minimum absolute atomic E-state index is 0.0782. The predicted octanol–water partition coefficient (Wildman–Crippen LogP) is 1.41. The fourth-order valence-corrected chi connectivity index (χ4v) is 1.21. The Morgan fingerprint density at radius 3 is 2.29 bits per heavy atom. The highest BCUT2D eigenvalue weighted by Crippen LogP contribution is 2.13. The molecule has 1 N–H and O–H groups in total. The van der Waals surface area contributed by atoms with Crippen LogP contribution in [0.15, 0.2) is 55.7 Å². The maximum absolute atomic E-state index is 8.88. The Balaban J connectivity index is 3.00. The molecule has 0 fully saturated rings. The molecular weight excluding hydrogens is 171 g/mol. The highest BCUT2D eigenvalue weighted by atomic mass is 16.2. The predicted molar refractivity (Wildman–Crippen MR) is 63.8 cm³/mol. The maximum atomic E-state index is 8.88. The lowest BCUT2D eigenvalue weighted by atomic mass is 9.87. The van der Waals surface area contributed by atoms with Crippen LogP contribution in [-0.2, 0) is 0 Å². The van der Waals surface area contributed by atoms with Crippen LogP contribution in [0.1, 0.15) is 5.56 Å². The summed E-state index contributed by atoms with van der Waals surface area (Å²) in [5.41, 5.74) is 3.03. The van der Waals surface area contributed by atoms with E-state index in [2.05, 4.69) is 13.2 Å². The van der Waals surface area contributed by atoms with Crippen molar-refractivity contribution >= 4 is 18.5 Å². The smallest absolute Gasteiger partial charge is 0.304 e. The van der Waals surface area contributed by atoms with Gasteiger partial charge >= 0.3 is 7.48 Å². The summed E-state index contributed by atoms with van der Waals surface area (Å²) < 4.78 is 0. The summed E-state index contributed by atoms with van der Waals surface area (Å²) in [6.45, 7) is 7.38. The Labute approximate surface area is 85.4 Å². The summed E-state index contributed by atoms with van der Waals surface area (Å²) >= 11 is 0. The van der Waals surface area contributed by atoms with Crippen LogP contribution in [-0.4, -0.2) is 12.5 Å². The number of rotatable bonds is 4. The molecule has 0 aliphatic rings. The molecule has 1 rings (SSSR count). The van der Waals surface area contributed by atoms with E-state index >= 15 is 0 Å². The van der Waals surface area contributed by atoms with Gasteiger partial charge in [0.2, 0.25) is 0 Å². The first-order valence-corrected chi connectivity index (χ1v) is 4.47. The molecule has 0 heterocycles. The average Bonchev–Trinajstić information content (AvgIpc) is 2.26. The summed E-state index contributed by atoms with van der Waals surface area (Å²) in [6, 6.07) is 7.72. The summed E-state index contributed by atoms with van der Waals surface area (Å²) in [5.74, 6) is 0. The molecule has 0 aromatic heterocycles. The van der Waals surface area contributed by atoms with Gasteiger partial charge in [-0.3, -0.25) is 0 Å². The lowest BCUT2D eigenvalue weighted by molar-refractivity contribution is 0.615. The van der Waals surface area contributed by atoms with E-state index in [1.807, 2.05) is 30.3 Å². The van der Waals surface area contributed by atoms with Gasteiger partial charge < -0.3 is 5.02 Å². The van der Waals surface area contributed by atoms with E-state index < -0.39 is 0 Å². The third kappa shape index (κ3) is 2.47. The molecule has 0 radical (unpaired) electrons. The van der Waals surface area contributed by atoms with Gasteiger partial charge in [-0.2, -0.15) is 0 Å². The zero-order valence-corrected chi connectivity index (χ0v) is 8.11. The minimum atomic E-state index is 0.0782. The van der Waals surface area contributed by atoms with Crippen molar-refractivity contribution in [1.82, 2.24) is 0 Å². The quantitative estimate of drug-likeness (QED) is 0.554. The van der Waals surface area contributed by atoms with Crippen LogP contribution in [0.3, 0.4) is 0 Å². The first-order chi connectivity index (χ1) is 6.81. The van der Waals surface area contributed by atoms with Gasteiger partial charge in [0.05, 0.1) is 0 Å². The van der Waals surface area contributed by atoms with Crippen molar-refractivity contribution in [2.45, 2.75) is 0 Å². The molecule has 2 heteroatoms. The van der Waals surface area contributed by atoms with Gasteiger partial charge in [0.15, 0.2) is 0 Å². The molecule has 0 bridgehead atoms. The normalized spacial score (nSPS) is 10.8. The van der Waals surface area contributed by atoms with Crippen LogP contribution < -0.4 is 5.46 Å². The van der Waals surface area contributed by atoms with Crippen LogP contribution in [0.4, 0.5) is 0 Å². The van der Waals surface area contributed by atoms with Crippen LogP contribution in [0.25, 0.3) is 5.57 Å². The van der Waals surface area contributed by atoms with E-state index in [4.69, 9.17) is 5.02 Å². The highest BCUT2D eigenvalue weighted by Gasteiger charge is 1.97. The molecular formula is C12H13BO. The molecule has 1 nitrogen and oxygen atoms in total. The largest absolute Gasteiger partial charge is 0.449 e. The van der Waals surface area contributed by atoms with Crippen LogP contribution >= 0.6 is 0 Å². The van der Waals surface area contributed by atoms with Gasteiger partial charge in [-0.05, 0) is 11.1 Å². The van der Waals surface area contributed by atoms with E-state index in [-0.39, 0.29) is 7.48 Å². The summed E-state index contributed by atoms with van der Waals surface area (Å²) in [6.07, 6.45) is 5.42. The lowest BCUT2D eigenvalue weighted by Crippen LogP contribution is -2.12. The van der Waals surface area contributed by atoms with Gasteiger partial charge in [0.25, 0.3) is 0 Å².